The summed E-state index contributed by atoms with van der Waals surface area (Å²) in [5, 5.41) is 19.1. The van der Waals surface area contributed by atoms with Gasteiger partial charge in [-0.1, -0.05) is 17.3 Å². The summed E-state index contributed by atoms with van der Waals surface area (Å²) in [6, 6.07) is 10.0. The summed E-state index contributed by atoms with van der Waals surface area (Å²) in [6.07, 6.45) is 0. The summed E-state index contributed by atoms with van der Waals surface area (Å²) in [6.45, 7) is 3.53. The Kier molecular flexibility index (Phi) is 4.11. The van der Waals surface area contributed by atoms with Crippen LogP contribution >= 0.6 is 0 Å². The zero-order valence-electron chi connectivity index (χ0n) is 13.1. The van der Waals surface area contributed by atoms with Crippen LogP contribution in [0.1, 0.15) is 21.9 Å². The molecule has 0 spiro atoms. The highest BCUT2D eigenvalue weighted by atomic mass is 16.5. The van der Waals surface area contributed by atoms with Crippen LogP contribution < -0.4 is 10.6 Å². The first-order chi connectivity index (χ1) is 11.5. The molecule has 0 aliphatic rings. The Bertz CT molecular complexity index is 891. The van der Waals surface area contributed by atoms with Crippen molar-refractivity contribution in [2.45, 2.75) is 13.8 Å². The first-order valence-electron chi connectivity index (χ1n) is 7.16. The van der Waals surface area contributed by atoms with E-state index in [-0.39, 0.29) is 5.56 Å². The Labute approximate surface area is 137 Å². The fraction of sp³-hybridized carbons (Fsp3) is 0.125. The number of carbonyl (C=O) groups is 1. The smallest absolute Gasteiger partial charge is 0.337 e. The monoisotopic (exact) mass is 325 g/mol. The molecule has 1 aromatic carbocycles. The van der Waals surface area contributed by atoms with E-state index in [4.69, 9.17) is 4.52 Å². The van der Waals surface area contributed by atoms with E-state index in [1.807, 2.05) is 0 Å². The summed E-state index contributed by atoms with van der Waals surface area (Å²) in [5.41, 5.74) is 0.613. The predicted molar refractivity (Wildman–Crippen MR) is 88.0 cm³/mol. The van der Waals surface area contributed by atoms with Gasteiger partial charge in [-0.05, 0) is 26.0 Å². The largest absolute Gasteiger partial charge is 0.478 e. The van der Waals surface area contributed by atoms with Crippen LogP contribution in [0, 0.1) is 13.8 Å². The SMILES string of the molecule is Cc1nc(Nc2cc(C)on2)cc(Nc2ccccc2C(=O)O)n1. The molecular formula is C16H15N5O3. The lowest BCUT2D eigenvalue weighted by atomic mass is 10.2. The van der Waals surface area contributed by atoms with Crippen LogP contribution in [0.25, 0.3) is 0 Å². The standard InChI is InChI=1S/C16H15N5O3/c1-9-7-15(21-24-9)20-14-8-13(17-10(2)18-14)19-12-6-4-3-5-11(12)16(22)23/h3-8H,1-2H3,(H,22,23)(H2,17,18,19,20,21). The fourth-order valence-corrected chi connectivity index (χ4v) is 2.17. The van der Waals surface area contributed by atoms with Gasteiger partial charge in [-0.25, -0.2) is 14.8 Å². The average molecular weight is 325 g/mol. The maximum absolute atomic E-state index is 11.3. The van der Waals surface area contributed by atoms with E-state index in [2.05, 4.69) is 25.8 Å². The molecule has 0 amide bonds. The third-order valence-electron chi connectivity index (χ3n) is 3.14. The van der Waals surface area contributed by atoms with Crippen molar-refractivity contribution in [3.63, 3.8) is 0 Å². The third kappa shape index (κ3) is 3.49. The summed E-state index contributed by atoms with van der Waals surface area (Å²) in [7, 11) is 0. The Balaban J connectivity index is 1.88. The van der Waals surface area contributed by atoms with Crippen molar-refractivity contribution in [3.05, 3.63) is 53.5 Å². The molecule has 122 valence electrons. The van der Waals surface area contributed by atoms with Gasteiger partial charge in [0.25, 0.3) is 0 Å². The van der Waals surface area contributed by atoms with Crippen molar-refractivity contribution in [1.82, 2.24) is 15.1 Å². The second-order valence-corrected chi connectivity index (χ2v) is 5.11. The highest BCUT2D eigenvalue weighted by Gasteiger charge is 2.11. The maximum atomic E-state index is 11.3. The van der Waals surface area contributed by atoms with Crippen LogP contribution in [0.4, 0.5) is 23.1 Å². The molecule has 0 radical (unpaired) electrons. The minimum Gasteiger partial charge on any atom is -0.478 e. The summed E-state index contributed by atoms with van der Waals surface area (Å²) < 4.78 is 5.00. The van der Waals surface area contributed by atoms with E-state index in [0.29, 0.717) is 34.7 Å². The van der Waals surface area contributed by atoms with Crippen LogP contribution in [-0.2, 0) is 0 Å². The number of benzene rings is 1. The molecular weight excluding hydrogens is 310 g/mol. The number of aromatic carboxylic acids is 1. The zero-order chi connectivity index (χ0) is 17.1. The molecule has 0 aliphatic heterocycles. The van der Waals surface area contributed by atoms with Crippen molar-refractivity contribution >= 4 is 29.1 Å². The molecule has 0 saturated heterocycles. The van der Waals surface area contributed by atoms with Crippen molar-refractivity contribution in [2.75, 3.05) is 10.6 Å². The zero-order valence-corrected chi connectivity index (χ0v) is 13.1. The van der Waals surface area contributed by atoms with E-state index in [0.717, 1.165) is 0 Å². The Morgan fingerprint density at radius 3 is 2.42 bits per heavy atom. The molecule has 3 N–H and O–H groups in total. The Hall–Kier alpha value is -3.42. The van der Waals surface area contributed by atoms with Crippen molar-refractivity contribution in [3.8, 4) is 0 Å². The second kappa shape index (κ2) is 6.37. The highest BCUT2D eigenvalue weighted by Crippen LogP contribution is 2.22. The van der Waals surface area contributed by atoms with Gasteiger partial charge in [-0.15, -0.1) is 0 Å². The van der Waals surface area contributed by atoms with Gasteiger partial charge in [-0.2, -0.15) is 0 Å². The van der Waals surface area contributed by atoms with Gasteiger partial charge in [0.2, 0.25) is 0 Å². The number of hydrogen-bond acceptors (Lipinski definition) is 7. The predicted octanol–water partition coefficient (Wildman–Crippen LogP) is 3.27. The quantitative estimate of drug-likeness (QED) is 0.655. The van der Waals surface area contributed by atoms with Crippen LogP contribution in [0.15, 0.2) is 40.9 Å². The van der Waals surface area contributed by atoms with Gasteiger partial charge in [0.05, 0.1) is 11.3 Å². The number of rotatable bonds is 5. The van der Waals surface area contributed by atoms with Crippen molar-refractivity contribution in [1.29, 1.82) is 0 Å². The highest BCUT2D eigenvalue weighted by molar-refractivity contribution is 5.95. The maximum Gasteiger partial charge on any atom is 0.337 e. The number of hydrogen-bond donors (Lipinski definition) is 3. The van der Waals surface area contributed by atoms with Crippen molar-refractivity contribution in [2.24, 2.45) is 0 Å². The van der Waals surface area contributed by atoms with E-state index >= 15 is 0 Å². The van der Waals surface area contributed by atoms with Gasteiger partial charge in [-0.3, -0.25) is 0 Å². The van der Waals surface area contributed by atoms with E-state index in [9.17, 15) is 9.90 Å². The molecule has 3 aromatic rings. The van der Waals surface area contributed by atoms with Gasteiger partial charge >= 0.3 is 5.97 Å². The second-order valence-electron chi connectivity index (χ2n) is 5.11. The molecule has 24 heavy (non-hydrogen) atoms. The third-order valence-corrected chi connectivity index (χ3v) is 3.14. The number of para-hydroxylation sites is 1. The van der Waals surface area contributed by atoms with Crippen LogP contribution in [0.2, 0.25) is 0 Å². The lowest BCUT2D eigenvalue weighted by molar-refractivity contribution is 0.0698. The first-order valence-corrected chi connectivity index (χ1v) is 7.16. The number of nitrogens with one attached hydrogen (secondary N) is 2. The van der Waals surface area contributed by atoms with E-state index < -0.39 is 5.97 Å². The number of aryl methyl sites for hydroxylation is 2. The minimum atomic E-state index is -1.01. The van der Waals surface area contributed by atoms with Crippen molar-refractivity contribution < 1.29 is 14.4 Å². The normalized spacial score (nSPS) is 10.4. The first kappa shape index (κ1) is 15.5. The van der Waals surface area contributed by atoms with Gasteiger partial charge in [0.15, 0.2) is 5.82 Å². The average Bonchev–Trinajstić information content (AvgIpc) is 2.92. The lowest BCUT2D eigenvalue weighted by Gasteiger charge is -2.10. The number of nitrogens with zero attached hydrogens (tertiary/aromatic N) is 3. The molecule has 0 atom stereocenters. The number of carboxylic acids is 1. The molecule has 0 aliphatic carbocycles. The molecule has 2 heterocycles. The molecule has 0 bridgehead atoms. The number of carboxylic acid groups (broad SMARTS) is 1. The molecule has 8 nitrogen and oxygen atoms in total. The molecule has 0 saturated carbocycles. The molecule has 0 fully saturated rings. The van der Waals surface area contributed by atoms with Gasteiger partial charge in [0.1, 0.15) is 23.2 Å². The van der Waals surface area contributed by atoms with E-state index in [1.165, 1.54) is 6.07 Å². The van der Waals surface area contributed by atoms with Crippen LogP contribution in [0.5, 0.6) is 0 Å². The fourth-order valence-electron chi connectivity index (χ4n) is 2.17. The Morgan fingerprint density at radius 2 is 1.75 bits per heavy atom. The summed E-state index contributed by atoms with van der Waals surface area (Å²) in [5.74, 6) is 1.71. The summed E-state index contributed by atoms with van der Waals surface area (Å²) >= 11 is 0. The van der Waals surface area contributed by atoms with Crippen LogP contribution in [0.3, 0.4) is 0 Å². The van der Waals surface area contributed by atoms with E-state index in [1.54, 1.807) is 44.2 Å². The Morgan fingerprint density at radius 1 is 1.04 bits per heavy atom. The minimum absolute atomic E-state index is 0.162. The van der Waals surface area contributed by atoms with Gasteiger partial charge < -0.3 is 20.3 Å². The molecule has 0 unspecified atom stereocenters. The number of anilines is 4. The molecule has 3 rings (SSSR count). The summed E-state index contributed by atoms with van der Waals surface area (Å²) in [4.78, 5) is 19.8. The van der Waals surface area contributed by atoms with Crippen LogP contribution in [-0.4, -0.2) is 26.2 Å². The molecule has 2 aromatic heterocycles. The number of aromatic nitrogens is 3. The topological polar surface area (TPSA) is 113 Å². The van der Waals surface area contributed by atoms with Gasteiger partial charge in [0, 0.05) is 12.1 Å². The molecule has 8 heteroatoms. The lowest BCUT2D eigenvalue weighted by Crippen LogP contribution is -2.05.